The zero-order valence-corrected chi connectivity index (χ0v) is 11.0. The second-order valence-electron chi connectivity index (χ2n) is 4.85. The molecule has 0 spiro atoms. The number of hydrogen-bond donors (Lipinski definition) is 0. The van der Waals surface area contributed by atoms with Gasteiger partial charge in [0, 0.05) is 30.9 Å². The third kappa shape index (κ3) is 2.14. The lowest BCUT2D eigenvalue weighted by molar-refractivity contribution is -0.138. The van der Waals surface area contributed by atoms with Crippen molar-refractivity contribution in [1.82, 2.24) is 9.80 Å². The standard InChI is InChI=1S/C13H16N2O2S/c16-12-2-1-5-14(12)9-13(17)15-6-3-11-10(8-15)4-7-18-11/h4,7H,1-3,5-6,8-9H2. The highest BCUT2D eigenvalue weighted by molar-refractivity contribution is 7.10. The quantitative estimate of drug-likeness (QED) is 0.807. The predicted molar refractivity (Wildman–Crippen MR) is 69.3 cm³/mol. The summed E-state index contributed by atoms with van der Waals surface area (Å²) in [5.74, 6) is 0.207. The topological polar surface area (TPSA) is 40.6 Å². The molecule has 1 aromatic rings. The smallest absolute Gasteiger partial charge is 0.242 e. The highest BCUT2D eigenvalue weighted by atomic mass is 32.1. The van der Waals surface area contributed by atoms with E-state index in [0.717, 1.165) is 25.9 Å². The minimum atomic E-state index is 0.0853. The molecule has 18 heavy (non-hydrogen) atoms. The van der Waals surface area contributed by atoms with Crippen LogP contribution in [0.25, 0.3) is 0 Å². The van der Waals surface area contributed by atoms with E-state index in [-0.39, 0.29) is 18.4 Å². The third-order valence-electron chi connectivity index (χ3n) is 3.66. The molecular formula is C13H16N2O2S. The number of rotatable bonds is 2. The van der Waals surface area contributed by atoms with Gasteiger partial charge >= 0.3 is 0 Å². The largest absolute Gasteiger partial charge is 0.336 e. The van der Waals surface area contributed by atoms with Crippen LogP contribution in [-0.2, 0) is 22.6 Å². The van der Waals surface area contributed by atoms with Crippen LogP contribution in [0.4, 0.5) is 0 Å². The summed E-state index contributed by atoms with van der Waals surface area (Å²) in [6.45, 7) is 2.49. The minimum Gasteiger partial charge on any atom is -0.336 e. The van der Waals surface area contributed by atoms with Gasteiger partial charge in [-0.25, -0.2) is 0 Å². The van der Waals surface area contributed by atoms with Gasteiger partial charge in [-0.15, -0.1) is 11.3 Å². The first kappa shape index (κ1) is 11.7. The number of likely N-dealkylation sites (tertiary alicyclic amines) is 1. The molecule has 0 aliphatic carbocycles. The van der Waals surface area contributed by atoms with Crippen LogP contribution in [0.15, 0.2) is 11.4 Å². The predicted octanol–water partition coefficient (Wildman–Crippen LogP) is 1.26. The molecule has 2 amide bonds. The lowest BCUT2D eigenvalue weighted by Crippen LogP contribution is -2.42. The van der Waals surface area contributed by atoms with Gasteiger partial charge in [-0.05, 0) is 29.9 Å². The van der Waals surface area contributed by atoms with Gasteiger partial charge in [0.15, 0.2) is 0 Å². The molecule has 1 fully saturated rings. The number of carbonyl (C=O) groups is 2. The Balaban J connectivity index is 1.62. The Labute approximate surface area is 110 Å². The van der Waals surface area contributed by atoms with Crippen LogP contribution in [0.5, 0.6) is 0 Å². The van der Waals surface area contributed by atoms with Gasteiger partial charge in [0.2, 0.25) is 11.8 Å². The normalized spacial score (nSPS) is 19.2. The van der Waals surface area contributed by atoms with Gasteiger partial charge in [0.25, 0.3) is 0 Å². The highest BCUT2D eigenvalue weighted by Crippen LogP contribution is 2.24. The molecule has 1 aromatic heterocycles. The molecule has 0 bridgehead atoms. The Morgan fingerprint density at radius 3 is 3.00 bits per heavy atom. The summed E-state index contributed by atoms with van der Waals surface area (Å²) in [6.07, 6.45) is 2.44. The number of amides is 2. The third-order valence-corrected chi connectivity index (χ3v) is 4.68. The van der Waals surface area contributed by atoms with E-state index >= 15 is 0 Å². The second-order valence-corrected chi connectivity index (χ2v) is 5.85. The number of hydrogen-bond acceptors (Lipinski definition) is 3. The fraction of sp³-hybridized carbons (Fsp3) is 0.538. The van der Waals surface area contributed by atoms with Gasteiger partial charge in [0.05, 0.1) is 6.54 Å². The van der Waals surface area contributed by atoms with Crippen molar-refractivity contribution in [3.8, 4) is 0 Å². The monoisotopic (exact) mass is 264 g/mol. The van der Waals surface area contributed by atoms with Crippen LogP contribution >= 0.6 is 11.3 Å². The minimum absolute atomic E-state index is 0.0853. The fourth-order valence-electron chi connectivity index (χ4n) is 2.60. The van der Waals surface area contributed by atoms with Crippen LogP contribution in [0.1, 0.15) is 23.3 Å². The van der Waals surface area contributed by atoms with Crippen molar-refractivity contribution in [1.29, 1.82) is 0 Å². The van der Waals surface area contributed by atoms with Gasteiger partial charge in [-0.2, -0.15) is 0 Å². The van der Waals surface area contributed by atoms with E-state index in [4.69, 9.17) is 0 Å². The van der Waals surface area contributed by atoms with Crippen LogP contribution in [0, 0.1) is 0 Å². The summed E-state index contributed by atoms with van der Waals surface area (Å²) in [5, 5.41) is 2.09. The van der Waals surface area contributed by atoms with E-state index in [1.54, 1.807) is 16.2 Å². The zero-order chi connectivity index (χ0) is 12.5. The fourth-order valence-corrected chi connectivity index (χ4v) is 3.49. The molecular weight excluding hydrogens is 248 g/mol. The number of thiophene rings is 1. The number of fused-ring (bicyclic) bond motifs is 1. The first-order valence-electron chi connectivity index (χ1n) is 6.35. The molecule has 1 saturated heterocycles. The van der Waals surface area contributed by atoms with Crippen LogP contribution in [0.3, 0.4) is 0 Å². The Morgan fingerprint density at radius 2 is 2.22 bits per heavy atom. The SMILES string of the molecule is O=C1CCCN1CC(=O)N1CCc2sccc2C1. The second kappa shape index (κ2) is 4.72. The first-order valence-corrected chi connectivity index (χ1v) is 7.23. The molecule has 2 aliphatic heterocycles. The molecule has 5 heteroatoms. The highest BCUT2D eigenvalue weighted by Gasteiger charge is 2.26. The van der Waals surface area contributed by atoms with Gasteiger partial charge in [-0.1, -0.05) is 0 Å². The molecule has 0 atom stereocenters. The lowest BCUT2D eigenvalue weighted by atomic mass is 10.1. The Morgan fingerprint density at radius 1 is 1.33 bits per heavy atom. The van der Waals surface area contributed by atoms with Crippen molar-refractivity contribution in [3.05, 3.63) is 21.9 Å². The summed E-state index contributed by atoms with van der Waals surface area (Å²) in [7, 11) is 0. The van der Waals surface area contributed by atoms with Crippen molar-refractivity contribution in [3.63, 3.8) is 0 Å². The summed E-state index contributed by atoms with van der Waals surface area (Å²) in [6, 6.07) is 2.10. The Kier molecular flexibility index (Phi) is 3.07. The van der Waals surface area contributed by atoms with Crippen molar-refractivity contribution in [2.24, 2.45) is 0 Å². The molecule has 0 N–H and O–H groups in total. The van der Waals surface area contributed by atoms with E-state index < -0.39 is 0 Å². The molecule has 0 aromatic carbocycles. The van der Waals surface area contributed by atoms with E-state index in [0.29, 0.717) is 13.0 Å². The van der Waals surface area contributed by atoms with Gasteiger partial charge < -0.3 is 9.80 Å². The van der Waals surface area contributed by atoms with E-state index in [1.807, 2.05) is 4.90 Å². The molecule has 96 valence electrons. The number of carbonyl (C=O) groups excluding carboxylic acids is 2. The molecule has 0 radical (unpaired) electrons. The maximum atomic E-state index is 12.2. The lowest BCUT2D eigenvalue weighted by Gasteiger charge is -2.28. The summed E-state index contributed by atoms with van der Waals surface area (Å²) < 4.78 is 0. The molecule has 3 rings (SSSR count). The molecule has 3 heterocycles. The summed E-state index contributed by atoms with van der Waals surface area (Å²) in [5.41, 5.74) is 1.27. The van der Waals surface area contributed by atoms with Crippen molar-refractivity contribution in [2.45, 2.75) is 25.8 Å². The van der Waals surface area contributed by atoms with E-state index in [1.165, 1.54) is 10.4 Å². The summed E-state index contributed by atoms with van der Waals surface area (Å²) in [4.78, 5) is 28.6. The Bertz CT molecular complexity index is 483. The van der Waals surface area contributed by atoms with Crippen molar-refractivity contribution >= 4 is 23.2 Å². The van der Waals surface area contributed by atoms with Crippen molar-refractivity contribution < 1.29 is 9.59 Å². The van der Waals surface area contributed by atoms with Crippen LogP contribution in [-0.4, -0.2) is 41.2 Å². The maximum absolute atomic E-state index is 12.2. The summed E-state index contributed by atoms with van der Waals surface area (Å²) >= 11 is 1.77. The van der Waals surface area contributed by atoms with Gasteiger partial charge in [0.1, 0.15) is 0 Å². The zero-order valence-electron chi connectivity index (χ0n) is 10.2. The van der Waals surface area contributed by atoms with Crippen LogP contribution < -0.4 is 0 Å². The number of nitrogens with zero attached hydrogens (tertiary/aromatic N) is 2. The van der Waals surface area contributed by atoms with Crippen molar-refractivity contribution in [2.75, 3.05) is 19.6 Å². The van der Waals surface area contributed by atoms with E-state index in [9.17, 15) is 9.59 Å². The van der Waals surface area contributed by atoms with E-state index in [2.05, 4.69) is 11.4 Å². The maximum Gasteiger partial charge on any atom is 0.242 e. The molecule has 0 saturated carbocycles. The molecule has 4 nitrogen and oxygen atoms in total. The van der Waals surface area contributed by atoms with Crippen LogP contribution in [0.2, 0.25) is 0 Å². The molecule has 0 unspecified atom stereocenters. The molecule has 2 aliphatic rings. The first-order chi connectivity index (χ1) is 8.74. The average molecular weight is 264 g/mol. The average Bonchev–Trinajstić information content (AvgIpc) is 2.98. The van der Waals surface area contributed by atoms with Gasteiger partial charge in [-0.3, -0.25) is 9.59 Å². The Hall–Kier alpha value is -1.36.